The molecular formula is C14H22FIN4O. The number of carbonyl (C=O) groups is 1. The molecule has 7 heteroatoms. The van der Waals surface area contributed by atoms with Crippen LogP contribution in [0.15, 0.2) is 29.3 Å². The summed E-state index contributed by atoms with van der Waals surface area (Å²) >= 11 is 0. The summed E-state index contributed by atoms with van der Waals surface area (Å²) in [6.45, 7) is 3.09. The highest BCUT2D eigenvalue weighted by Crippen LogP contribution is 2.05. The zero-order valence-electron chi connectivity index (χ0n) is 12.3. The fraction of sp³-hybridized carbons (Fsp3) is 0.429. The van der Waals surface area contributed by atoms with Crippen molar-refractivity contribution < 1.29 is 9.18 Å². The molecule has 0 saturated carbocycles. The number of amides is 1. The first-order valence-electron chi connectivity index (χ1n) is 6.62. The molecule has 0 aliphatic carbocycles. The van der Waals surface area contributed by atoms with E-state index in [1.807, 2.05) is 6.92 Å². The van der Waals surface area contributed by atoms with Crippen LogP contribution in [0.1, 0.15) is 18.9 Å². The molecule has 0 spiro atoms. The molecule has 0 aliphatic rings. The van der Waals surface area contributed by atoms with E-state index in [9.17, 15) is 9.18 Å². The van der Waals surface area contributed by atoms with Gasteiger partial charge < -0.3 is 16.0 Å². The van der Waals surface area contributed by atoms with E-state index in [0.29, 0.717) is 24.6 Å². The van der Waals surface area contributed by atoms with E-state index in [0.717, 1.165) is 6.42 Å². The smallest absolute Gasteiger partial charge is 0.239 e. The molecular weight excluding hydrogens is 386 g/mol. The summed E-state index contributed by atoms with van der Waals surface area (Å²) in [4.78, 5) is 15.4. The number of aliphatic imine (C=N–C) groups is 1. The van der Waals surface area contributed by atoms with E-state index >= 15 is 0 Å². The van der Waals surface area contributed by atoms with Gasteiger partial charge >= 0.3 is 0 Å². The topological polar surface area (TPSA) is 65.5 Å². The minimum absolute atomic E-state index is 0. The molecule has 1 amide bonds. The van der Waals surface area contributed by atoms with Crippen molar-refractivity contribution in [3.8, 4) is 0 Å². The normalized spacial score (nSPS) is 10.5. The third kappa shape index (κ3) is 7.84. The van der Waals surface area contributed by atoms with Crippen molar-refractivity contribution in [2.75, 3.05) is 20.1 Å². The second kappa shape index (κ2) is 11.3. The Balaban J connectivity index is 0.00000400. The summed E-state index contributed by atoms with van der Waals surface area (Å²) in [6, 6.07) is 6.52. The van der Waals surface area contributed by atoms with E-state index in [1.54, 1.807) is 25.2 Å². The SMILES string of the molecule is CCCNC(=O)CNC(=NC)NCc1ccccc1F.I. The highest BCUT2D eigenvalue weighted by atomic mass is 127. The maximum Gasteiger partial charge on any atom is 0.239 e. The van der Waals surface area contributed by atoms with Crippen LogP contribution in [0.5, 0.6) is 0 Å². The van der Waals surface area contributed by atoms with Crippen LogP contribution in [0.4, 0.5) is 4.39 Å². The molecule has 3 N–H and O–H groups in total. The van der Waals surface area contributed by atoms with E-state index in [2.05, 4.69) is 20.9 Å². The lowest BCUT2D eigenvalue weighted by atomic mass is 10.2. The van der Waals surface area contributed by atoms with Crippen molar-refractivity contribution in [1.29, 1.82) is 0 Å². The van der Waals surface area contributed by atoms with Crippen LogP contribution in [0, 0.1) is 5.82 Å². The number of guanidine groups is 1. The zero-order valence-corrected chi connectivity index (χ0v) is 14.6. The summed E-state index contributed by atoms with van der Waals surface area (Å²) in [7, 11) is 1.60. The van der Waals surface area contributed by atoms with Crippen LogP contribution in [0.3, 0.4) is 0 Å². The van der Waals surface area contributed by atoms with Crippen LogP contribution < -0.4 is 16.0 Å². The van der Waals surface area contributed by atoms with Gasteiger partial charge in [0, 0.05) is 25.7 Å². The van der Waals surface area contributed by atoms with Crippen molar-refractivity contribution in [3.05, 3.63) is 35.6 Å². The van der Waals surface area contributed by atoms with Gasteiger partial charge in [0.05, 0.1) is 6.54 Å². The van der Waals surface area contributed by atoms with Gasteiger partial charge in [-0.2, -0.15) is 0 Å². The molecule has 5 nitrogen and oxygen atoms in total. The first-order chi connectivity index (χ1) is 9.67. The number of hydrogen-bond acceptors (Lipinski definition) is 2. The number of nitrogens with one attached hydrogen (secondary N) is 3. The van der Waals surface area contributed by atoms with Crippen molar-refractivity contribution in [2.24, 2.45) is 4.99 Å². The standard InChI is InChI=1S/C14H21FN4O.HI/c1-3-8-17-13(20)10-19-14(16-2)18-9-11-6-4-5-7-12(11)15;/h4-7H,3,8-10H2,1-2H3,(H,17,20)(H2,16,18,19);1H. The molecule has 0 fully saturated rings. The molecule has 0 bridgehead atoms. The fourth-order valence-electron chi connectivity index (χ4n) is 1.53. The van der Waals surface area contributed by atoms with Crippen LogP contribution >= 0.6 is 24.0 Å². The first-order valence-corrected chi connectivity index (χ1v) is 6.62. The summed E-state index contributed by atoms with van der Waals surface area (Å²) in [5.74, 6) is 0.0942. The Hall–Kier alpha value is -1.38. The highest BCUT2D eigenvalue weighted by Gasteiger charge is 2.04. The largest absolute Gasteiger partial charge is 0.355 e. The van der Waals surface area contributed by atoms with E-state index in [1.165, 1.54) is 6.07 Å². The van der Waals surface area contributed by atoms with Crippen molar-refractivity contribution in [3.63, 3.8) is 0 Å². The lowest BCUT2D eigenvalue weighted by Crippen LogP contribution is -2.43. The van der Waals surface area contributed by atoms with Gasteiger partial charge in [-0.15, -0.1) is 24.0 Å². The third-order valence-corrected chi connectivity index (χ3v) is 2.62. The molecule has 118 valence electrons. The number of benzene rings is 1. The Kier molecular flexibility index (Phi) is 10.6. The Morgan fingerprint density at radius 3 is 2.57 bits per heavy atom. The van der Waals surface area contributed by atoms with Gasteiger partial charge in [0.25, 0.3) is 0 Å². The van der Waals surface area contributed by atoms with Gasteiger partial charge in [-0.1, -0.05) is 25.1 Å². The maximum absolute atomic E-state index is 13.4. The van der Waals surface area contributed by atoms with Crippen molar-refractivity contribution in [1.82, 2.24) is 16.0 Å². The van der Waals surface area contributed by atoms with Crippen LogP contribution in [0.25, 0.3) is 0 Å². The zero-order chi connectivity index (χ0) is 14.8. The van der Waals surface area contributed by atoms with Gasteiger partial charge in [0.2, 0.25) is 5.91 Å². The molecule has 0 aromatic heterocycles. The lowest BCUT2D eigenvalue weighted by molar-refractivity contribution is -0.120. The number of halogens is 2. The van der Waals surface area contributed by atoms with Gasteiger partial charge in [-0.05, 0) is 12.5 Å². The fourth-order valence-corrected chi connectivity index (χ4v) is 1.53. The molecule has 0 aliphatic heterocycles. The van der Waals surface area contributed by atoms with Crippen molar-refractivity contribution in [2.45, 2.75) is 19.9 Å². The van der Waals surface area contributed by atoms with Gasteiger partial charge in [-0.3, -0.25) is 9.79 Å². The molecule has 0 atom stereocenters. The minimum Gasteiger partial charge on any atom is -0.355 e. The van der Waals surface area contributed by atoms with Crippen LogP contribution in [-0.2, 0) is 11.3 Å². The lowest BCUT2D eigenvalue weighted by Gasteiger charge is -2.12. The average Bonchev–Trinajstić information content (AvgIpc) is 2.46. The van der Waals surface area contributed by atoms with E-state index in [-0.39, 0.29) is 42.2 Å². The molecule has 1 aromatic rings. The highest BCUT2D eigenvalue weighted by molar-refractivity contribution is 14.0. The molecule has 0 saturated heterocycles. The van der Waals surface area contributed by atoms with Gasteiger partial charge in [-0.25, -0.2) is 4.39 Å². The quantitative estimate of drug-likeness (QED) is 0.381. The Labute approximate surface area is 141 Å². The molecule has 1 rings (SSSR count). The Bertz CT molecular complexity index is 468. The van der Waals surface area contributed by atoms with Gasteiger partial charge in [0.1, 0.15) is 5.82 Å². The minimum atomic E-state index is -0.267. The maximum atomic E-state index is 13.4. The van der Waals surface area contributed by atoms with Crippen LogP contribution in [0.2, 0.25) is 0 Å². The summed E-state index contributed by atoms with van der Waals surface area (Å²) in [5.41, 5.74) is 0.547. The Morgan fingerprint density at radius 1 is 1.24 bits per heavy atom. The molecule has 0 heterocycles. The van der Waals surface area contributed by atoms with Crippen molar-refractivity contribution >= 4 is 35.8 Å². The predicted molar refractivity (Wildman–Crippen MR) is 93.3 cm³/mol. The molecule has 21 heavy (non-hydrogen) atoms. The third-order valence-electron chi connectivity index (χ3n) is 2.62. The second-order valence-electron chi connectivity index (χ2n) is 4.22. The van der Waals surface area contributed by atoms with E-state index in [4.69, 9.17) is 0 Å². The predicted octanol–water partition coefficient (Wildman–Crippen LogP) is 1.63. The monoisotopic (exact) mass is 408 g/mol. The number of carbonyl (C=O) groups excluding carboxylic acids is 1. The molecule has 0 radical (unpaired) electrons. The molecule has 0 unspecified atom stereocenters. The number of rotatable bonds is 6. The first kappa shape index (κ1) is 19.6. The summed E-state index contributed by atoms with van der Waals surface area (Å²) in [6.07, 6.45) is 0.895. The van der Waals surface area contributed by atoms with E-state index < -0.39 is 0 Å². The average molecular weight is 408 g/mol. The van der Waals surface area contributed by atoms with Crippen LogP contribution in [-0.4, -0.2) is 32.0 Å². The molecule has 1 aromatic carbocycles. The number of hydrogen-bond donors (Lipinski definition) is 3. The summed E-state index contributed by atoms with van der Waals surface area (Å²) < 4.78 is 13.4. The Morgan fingerprint density at radius 2 is 1.95 bits per heavy atom. The van der Waals surface area contributed by atoms with Gasteiger partial charge in [0.15, 0.2) is 5.96 Å². The summed E-state index contributed by atoms with van der Waals surface area (Å²) in [5, 5.41) is 8.58. The number of nitrogens with zero attached hydrogens (tertiary/aromatic N) is 1. The second-order valence-corrected chi connectivity index (χ2v) is 4.22.